The van der Waals surface area contributed by atoms with E-state index in [-0.39, 0.29) is 0 Å². The van der Waals surface area contributed by atoms with Crippen molar-refractivity contribution in [3.63, 3.8) is 0 Å². The minimum atomic E-state index is 0.624. The Morgan fingerprint density at radius 2 is 1.85 bits per heavy atom. The van der Waals surface area contributed by atoms with E-state index >= 15 is 0 Å². The average Bonchev–Trinajstić information content (AvgIpc) is 2.29. The molecule has 1 aromatic rings. The van der Waals surface area contributed by atoms with Gasteiger partial charge in [0.15, 0.2) is 0 Å². The van der Waals surface area contributed by atoms with Gasteiger partial charge in [0.25, 0.3) is 0 Å². The molecule has 1 rings (SSSR count). The van der Waals surface area contributed by atoms with Gasteiger partial charge in [0, 0.05) is 11.3 Å². The number of hydrogen-bond donors (Lipinski definition) is 0. The van der Waals surface area contributed by atoms with E-state index in [1.54, 1.807) is 0 Å². The third-order valence-electron chi connectivity index (χ3n) is 1.98. The summed E-state index contributed by atoms with van der Waals surface area (Å²) in [7, 11) is 0. The highest BCUT2D eigenvalue weighted by atomic mass is 32.1. The summed E-state index contributed by atoms with van der Waals surface area (Å²) in [6.07, 6.45) is 1.12. The topological polar surface area (TPSA) is 12.9 Å². The van der Waals surface area contributed by atoms with Gasteiger partial charge in [-0.1, -0.05) is 27.7 Å². The monoisotopic (exact) mass is 197 g/mol. The predicted octanol–water partition coefficient (Wildman–Crippen LogP) is 3.77. The Hall–Kier alpha value is -0.370. The van der Waals surface area contributed by atoms with Gasteiger partial charge in [0.1, 0.15) is 0 Å². The van der Waals surface area contributed by atoms with Crippen LogP contribution in [0.25, 0.3) is 0 Å². The van der Waals surface area contributed by atoms with Crippen LogP contribution in [0.5, 0.6) is 0 Å². The van der Waals surface area contributed by atoms with Crippen LogP contribution >= 0.6 is 11.3 Å². The van der Waals surface area contributed by atoms with Crippen LogP contribution in [-0.2, 0) is 6.42 Å². The number of rotatable bonds is 3. The van der Waals surface area contributed by atoms with Crippen LogP contribution < -0.4 is 0 Å². The third-order valence-corrected chi connectivity index (χ3v) is 3.46. The fourth-order valence-corrected chi connectivity index (χ4v) is 2.72. The zero-order valence-corrected chi connectivity index (χ0v) is 10.0. The van der Waals surface area contributed by atoms with Crippen molar-refractivity contribution in [2.75, 3.05) is 0 Å². The molecule has 74 valence electrons. The standard InChI is InChI=1S/C11H19NS/c1-7(2)6-10-12-9(5)11(13-10)8(3)4/h7-8H,6H2,1-5H3. The molecule has 2 heteroatoms. The molecule has 0 fully saturated rings. The van der Waals surface area contributed by atoms with E-state index in [0.717, 1.165) is 6.42 Å². The molecule has 13 heavy (non-hydrogen) atoms. The van der Waals surface area contributed by atoms with Crippen LogP contribution in [0.3, 0.4) is 0 Å². The van der Waals surface area contributed by atoms with Crippen molar-refractivity contribution in [1.29, 1.82) is 0 Å². The second-order valence-electron chi connectivity index (χ2n) is 4.31. The van der Waals surface area contributed by atoms with E-state index in [1.807, 2.05) is 11.3 Å². The maximum atomic E-state index is 4.59. The van der Waals surface area contributed by atoms with Crippen LogP contribution in [0, 0.1) is 12.8 Å². The molecular weight excluding hydrogens is 178 g/mol. The first-order chi connectivity index (χ1) is 6.00. The number of thiazole rings is 1. The first-order valence-corrected chi connectivity index (χ1v) is 5.78. The summed E-state index contributed by atoms with van der Waals surface area (Å²) < 4.78 is 0. The molecule has 0 saturated carbocycles. The molecule has 0 amide bonds. The molecule has 0 radical (unpaired) electrons. The molecule has 0 bridgehead atoms. The zero-order chi connectivity index (χ0) is 10.0. The quantitative estimate of drug-likeness (QED) is 0.718. The Balaban J connectivity index is 2.82. The van der Waals surface area contributed by atoms with E-state index in [4.69, 9.17) is 0 Å². The van der Waals surface area contributed by atoms with Crippen molar-refractivity contribution in [2.45, 2.75) is 47.0 Å². The van der Waals surface area contributed by atoms with Gasteiger partial charge in [0.2, 0.25) is 0 Å². The van der Waals surface area contributed by atoms with Crippen molar-refractivity contribution in [2.24, 2.45) is 5.92 Å². The van der Waals surface area contributed by atoms with Crippen molar-refractivity contribution in [3.8, 4) is 0 Å². The normalized spacial score (nSPS) is 11.6. The average molecular weight is 197 g/mol. The molecule has 0 aliphatic carbocycles. The van der Waals surface area contributed by atoms with Crippen molar-refractivity contribution in [3.05, 3.63) is 15.6 Å². The van der Waals surface area contributed by atoms with Crippen LogP contribution in [0.4, 0.5) is 0 Å². The highest BCUT2D eigenvalue weighted by Crippen LogP contribution is 2.27. The summed E-state index contributed by atoms with van der Waals surface area (Å²) in [5, 5.41) is 1.30. The van der Waals surface area contributed by atoms with Gasteiger partial charge in [-0.3, -0.25) is 0 Å². The summed E-state index contributed by atoms with van der Waals surface area (Å²) in [5.41, 5.74) is 1.23. The highest BCUT2D eigenvalue weighted by molar-refractivity contribution is 7.11. The lowest BCUT2D eigenvalue weighted by Crippen LogP contribution is -1.92. The third kappa shape index (κ3) is 2.80. The van der Waals surface area contributed by atoms with Gasteiger partial charge in [-0.2, -0.15) is 0 Å². The lowest BCUT2D eigenvalue weighted by molar-refractivity contribution is 0.643. The fraction of sp³-hybridized carbons (Fsp3) is 0.727. The molecule has 1 nitrogen and oxygen atoms in total. The molecule has 0 aliphatic heterocycles. The molecule has 0 saturated heterocycles. The van der Waals surface area contributed by atoms with E-state index in [1.165, 1.54) is 15.6 Å². The Morgan fingerprint density at radius 1 is 1.23 bits per heavy atom. The van der Waals surface area contributed by atoms with E-state index in [9.17, 15) is 0 Å². The largest absolute Gasteiger partial charge is 0.246 e. The molecule has 0 N–H and O–H groups in total. The molecule has 0 spiro atoms. The van der Waals surface area contributed by atoms with Gasteiger partial charge >= 0.3 is 0 Å². The maximum absolute atomic E-state index is 4.59. The van der Waals surface area contributed by atoms with Gasteiger partial charge < -0.3 is 0 Å². The molecular formula is C11H19NS. The summed E-state index contributed by atoms with van der Waals surface area (Å²) >= 11 is 1.88. The van der Waals surface area contributed by atoms with Crippen molar-refractivity contribution in [1.82, 2.24) is 4.98 Å². The number of hydrogen-bond acceptors (Lipinski definition) is 2. The lowest BCUT2D eigenvalue weighted by Gasteiger charge is -2.00. The number of aryl methyl sites for hydroxylation is 1. The van der Waals surface area contributed by atoms with Crippen LogP contribution in [0.15, 0.2) is 0 Å². The summed E-state index contributed by atoms with van der Waals surface area (Å²) in [6.45, 7) is 11.1. The first kappa shape index (κ1) is 10.7. The van der Waals surface area contributed by atoms with E-state index < -0.39 is 0 Å². The van der Waals surface area contributed by atoms with E-state index in [2.05, 4.69) is 39.6 Å². The van der Waals surface area contributed by atoms with Gasteiger partial charge in [-0.05, 0) is 18.8 Å². The molecule has 0 aliphatic rings. The summed E-state index contributed by atoms with van der Waals surface area (Å²) in [4.78, 5) is 6.04. The molecule has 0 aromatic carbocycles. The Bertz CT molecular complexity index is 274. The van der Waals surface area contributed by atoms with Crippen molar-refractivity contribution >= 4 is 11.3 Å². The van der Waals surface area contributed by atoms with Crippen LogP contribution in [0.2, 0.25) is 0 Å². The van der Waals surface area contributed by atoms with E-state index in [0.29, 0.717) is 11.8 Å². The lowest BCUT2D eigenvalue weighted by atomic mass is 10.1. The molecule has 1 heterocycles. The highest BCUT2D eigenvalue weighted by Gasteiger charge is 2.11. The molecule has 0 atom stereocenters. The fourth-order valence-electron chi connectivity index (χ4n) is 1.44. The van der Waals surface area contributed by atoms with Crippen molar-refractivity contribution < 1.29 is 0 Å². The first-order valence-electron chi connectivity index (χ1n) is 4.97. The predicted molar refractivity (Wildman–Crippen MR) is 59.5 cm³/mol. The Morgan fingerprint density at radius 3 is 2.23 bits per heavy atom. The SMILES string of the molecule is Cc1nc(CC(C)C)sc1C(C)C. The zero-order valence-electron chi connectivity index (χ0n) is 9.22. The summed E-state index contributed by atoms with van der Waals surface area (Å²) in [6, 6.07) is 0. The molecule has 0 unspecified atom stereocenters. The minimum absolute atomic E-state index is 0.624. The molecule has 1 aromatic heterocycles. The number of nitrogens with zero attached hydrogens (tertiary/aromatic N) is 1. The maximum Gasteiger partial charge on any atom is 0.0933 e. The Kier molecular flexibility index (Phi) is 3.48. The minimum Gasteiger partial charge on any atom is -0.246 e. The Labute approximate surface area is 85.2 Å². The van der Waals surface area contributed by atoms with Crippen LogP contribution in [0.1, 0.15) is 49.2 Å². The van der Waals surface area contributed by atoms with Gasteiger partial charge in [0.05, 0.1) is 10.7 Å². The van der Waals surface area contributed by atoms with Gasteiger partial charge in [-0.25, -0.2) is 4.98 Å². The smallest absolute Gasteiger partial charge is 0.0933 e. The van der Waals surface area contributed by atoms with Crippen LogP contribution in [-0.4, -0.2) is 4.98 Å². The van der Waals surface area contributed by atoms with Gasteiger partial charge in [-0.15, -0.1) is 11.3 Å². The second-order valence-corrected chi connectivity index (χ2v) is 5.43. The summed E-state index contributed by atoms with van der Waals surface area (Å²) in [5.74, 6) is 1.34. The second kappa shape index (κ2) is 4.23. The number of aromatic nitrogens is 1.